The Morgan fingerprint density at radius 1 is 1.16 bits per heavy atom. The molecular weight excluding hydrogens is 471 g/mol. The van der Waals surface area contributed by atoms with Crippen LogP contribution in [0.1, 0.15) is 52.9 Å². The Hall–Kier alpha value is -4.48. The number of ether oxygens (including phenoxy) is 1. The number of hydrogen-bond acceptors (Lipinski definition) is 5. The van der Waals surface area contributed by atoms with Crippen LogP contribution in [0, 0.1) is 22.6 Å². The Morgan fingerprint density at radius 2 is 1.86 bits per heavy atom. The molecule has 4 aromatic rings. The number of carbonyl (C=O) groups is 1. The van der Waals surface area contributed by atoms with E-state index in [1.807, 2.05) is 12.1 Å². The zero-order valence-corrected chi connectivity index (χ0v) is 20.2. The molecule has 5 rings (SSSR count). The molecule has 1 fully saturated rings. The summed E-state index contributed by atoms with van der Waals surface area (Å²) < 4.78 is 21.6. The number of hydrogen-bond donors (Lipinski definition) is 3. The first kappa shape index (κ1) is 24.2. The number of rotatable bonds is 5. The molecule has 0 bridgehead atoms. The van der Waals surface area contributed by atoms with Gasteiger partial charge in [0.2, 0.25) is 0 Å². The van der Waals surface area contributed by atoms with Crippen molar-refractivity contribution >= 4 is 28.3 Å². The molecule has 1 aliphatic heterocycles. The highest BCUT2D eigenvalue weighted by molar-refractivity contribution is 6.09. The summed E-state index contributed by atoms with van der Waals surface area (Å²) in [5, 5.41) is 28.5. The predicted molar refractivity (Wildman–Crippen MR) is 140 cm³/mol. The molecule has 1 aromatic heterocycles. The Bertz CT molecular complexity index is 1590. The minimum absolute atomic E-state index is 0.0245. The summed E-state index contributed by atoms with van der Waals surface area (Å²) in [6, 6.07) is 16.6. The second kappa shape index (κ2) is 9.52. The SMILES string of the molecule is CC(=N)c1cc2c(cc1N)c(-c1ccc(C(=O)O)cc1C#N)c(C1CCOCC1)n2-c1ccc(F)cc1. The molecule has 0 radical (unpaired) electrons. The van der Waals surface area contributed by atoms with Crippen LogP contribution in [0.5, 0.6) is 0 Å². The molecule has 3 aromatic carbocycles. The molecule has 0 saturated carbocycles. The third kappa shape index (κ3) is 4.24. The predicted octanol–water partition coefficient (Wildman–Crippen LogP) is 5.87. The number of nitriles is 1. The van der Waals surface area contributed by atoms with E-state index in [0.717, 1.165) is 40.7 Å². The van der Waals surface area contributed by atoms with E-state index in [9.17, 15) is 19.6 Å². The number of fused-ring (bicyclic) bond motifs is 1. The number of nitrogens with zero attached hydrogens (tertiary/aromatic N) is 2. The molecular formula is C29H25FN4O3. The van der Waals surface area contributed by atoms with Crippen LogP contribution in [0.25, 0.3) is 27.7 Å². The number of nitrogen functional groups attached to an aromatic ring is 1. The fourth-order valence-corrected chi connectivity index (χ4v) is 5.19. The lowest BCUT2D eigenvalue weighted by atomic mass is 9.87. The van der Waals surface area contributed by atoms with Crippen molar-refractivity contribution < 1.29 is 19.0 Å². The molecule has 7 nitrogen and oxygen atoms in total. The van der Waals surface area contributed by atoms with Gasteiger partial charge in [0.05, 0.1) is 22.7 Å². The van der Waals surface area contributed by atoms with Crippen molar-refractivity contribution in [3.63, 3.8) is 0 Å². The van der Waals surface area contributed by atoms with Crippen LogP contribution in [-0.2, 0) is 4.74 Å². The largest absolute Gasteiger partial charge is 0.478 e. The zero-order valence-electron chi connectivity index (χ0n) is 20.2. The Balaban J connectivity index is 1.95. The number of anilines is 1. The molecule has 0 aliphatic carbocycles. The number of aromatic carboxylic acids is 1. The van der Waals surface area contributed by atoms with Crippen molar-refractivity contribution in [1.82, 2.24) is 4.57 Å². The van der Waals surface area contributed by atoms with Gasteiger partial charge in [0.25, 0.3) is 0 Å². The summed E-state index contributed by atoms with van der Waals surface area (Å²) in [7, 11) is 0. The highest BCUT2D eigenvalue weighted by atomic mass is 19.1. The number of nitrogens with two attached hydrogens (primary N) is 1. The van der Waals surface area contributed by atoms with Crippen LogP contribution in [0.3, 0.4) is 0 Å². The van der Waals surface area contributed by atoms with Crippen LogP contribution in [0.4, 0.5) is 10.1 Å². The van der Waals surface area contributed by atoms with Gasteiger partial charge in [-0.15, -0.1) is 0 Å². The van der Waals surface area contributed by atoms with E-state index < -0.39 is 5.97 Å². The average molecular weight is 497 g/mol. The highest BCUT2D eigenvalue weighted by Gasteiger charge is 2.29. The third-order valence-electron chi connectivity index (χ3n) is 6.93. The first-order valence-corrected chi connectivity index (χ1v) is 11.9. The van der Waals surface area contributed by atoms with E-state index in [2.05, 4.69) is 10.6 Å². The third-order valence-corrected chi connectivity index (χ3v) is 6.93. The second-order valence-corrected chi connectivity index (χ2v) is 9.22. The molecule has 0 amide bonds. The smallest absolute Gasteiger partial charge is 0.335 e. The minimum atomic E-state index is -1.11. The van der Waals surface area contributed by atoms with Crippen LogP contribution in [0.15, 0.2) is 54.6 Å². The molecule has 4 N–H and O–H groups in total. The van der Waals surface area contributed by atoms with Gasteiger partial charge in [0.1, 0.15) is 5.82 Å². The van der Waals surface area contributed by atoms with Gasteiger partial charge in [-0.05, 0) is 68.3 Å². The summed E-state index contributed by atoms with van der Waals surface area (Å²) >= 11 is 0. The summed E-state index contributed by atoms with van der Waals surface area (Å²) in [6.07, 6.45) is 1.48. The molecule has 186 valence electrons. The minimum Gasteiger partial charge on any atom is -0.478 e. The summed E-state index contributed by atoms with van der Waals surface area (Å²) in [5.41, 5.74) is 11.8. The van der Waals surface area contributed by atoms with Crippen molar-refractivity contribution in [2.75, 3.05) is 18.9 Å². The monoisotopic (exact) mass is 496 g/mol. The van der Waals surface area contributed by atoms with E-state index in [4.69, 9.17) is 15.9 Å². The quantitative estimate of drug-likeness (QED) is 0.235. The average Bonchev–Trinajstić information content (AvgIpc) is 3.22. The van der Waals surface area contributed by atoms with E-state index >= 15 is 0 Å². The van der Waals surface area contributed by atoms with Gasteiger partial charge in [-0.2, -0.15) is 5.26 Å². The summed E-state index contributed by atoms with van der Waals surface area (Å²) in [4.78, 5) is 11.6. The molecule has 0 unspecified atom stereocenters. The molecule has 8 heteroatoms. The lowest BCUT2D eigenvalue weighted by molar-refractivity contribution is 0.0696. The lowest BCUT2D eigenvalue weighted by Crippen LogP contribution is -2.17. The topological polar surface area (TPSA) is 125 Å². The second-order valence-electron chi connectivity index (χ2n) is 9.22. The maximum Gasteiger partial charge on any atom is 0.335 e. The number of carboxylic acids is 1. The van der Waals surface area contributed by atoms with Gasteiger partial charge in [-0.1, -0.05) is 6.07 Å². The van der Waals surface area contributed by atoms with E-state index in [1.54, 1.807) is 25.1 Å². The van der Waals surface area contributed by atoms with Gasteiger partial charge < -0.3 is 25.6 Å². The molecule has 1 aliphatic rings. The van der Waals surface area contributed by atoms with Crippen LogP contribution >= 0.6 is 0 Å². The van der Waals surface area contributed by atoms with Crippen molar-refractivity contribution in [2.24, 2.45) is 0 Å². The number of benzene rings is 3. The number of halogens is 1. The van der Waals surface area contributed by atoms with Crippen molar-refractivity contribution in [2.45, 2.75) is 25.7 Å². The van der Waals surface area contributed by atoms with Crippen LogP contribution < -0.4 is 5.73 Å². The first-order valence-electron chi connectivity index (χ1n) is 11.9. The fraction of sp³-hybridized carbons (Fsp3) is 0.207. The Kier molecular flexibility index (Phi) is 6.24. The maximum atomic E-state index is 13.9. The maximum absolute atomic E-state index is 13.9. The summed E-state index contributed by atoms with van der Waals surface area (Å²) in [5.74, 6) is -1.42. The van der Waals surface area contributed by atoms with Crippen LogP contribution in [0.2, 0.25) is 0 Å². The Morgan fingerprint density at radius 3 is 2.49 bits per heavy atom. The molecule has 0 atom stereocenters. The molecule has 0 spiro atoms. The zero-order chi connectivity index (χ0) is 26.3. The van der Waals surface area contributed by atoms with Gasteiger partial charge in [0.15, 0.2) is 0 Å². The van der Waals surface area contributed by atoms with Gasteiger partial charge in [-0.3, -0.25) is 0 Å². The summed E-state index contributed by atoms with van der Waals surface area (Å²) in [6.45, 7) is 2.82. The molecule has 1 saturated heterocycles. The van der Waals surface area contributed by atoms with Crippen molar-refractivity contribution in [3.05, 3.63) is 82.8 Å². The van der Waals surface area contributed by atoms with Crippen molar-refractivity contribution in [1.29, 1.82) is 10.7 Å². The van der Waals surface area contributed by atoms with E-state index in [0.29, 0.717) is 35.7 Å². The molecule has 37 heavy (non-hydrogen) atoms. The first-order chi connectivity index (χ1) is 17.8. The number of nitrogens with one attached hydrogen (secondary N) is 1. The lowest BCUT2D eigenvalue weighted by Gasteiger charge is -2.26. The fourth-order valence-electron chi connectivity index (χ4n) is 5.19. The van der Waals surface area contributed by atoms with E-state index in [1.165, 1.54) is 24.3 Å². The Labute approximate surface area is 213 Å². The van der Waals surface area contributed by atoms with Gasteiger partial charge in [0, 0.05) is 64.0 Å². The normalized spacial score (nSPS) is 14.0. The molecule has 2 heterocycles. The number of aromatic nitrogens is 1. The number of carboxylic acid groups (broad SMARTS) is 1. The van der Waals surface area contributed by atoms with Crippen LogP contribution in [-0.4, -0.2) is 34.6 Å². The highest BCUT2D eigenvalue weighted by Crippen LogP contribution is 2.45. The van der Waals surface area contributed by atoms with Gasteiger partial charge in [-0.25, -0.2) is 9.18 Å². The van der Waals surface area contributed by atoms with E-state index in [-0.39, 0.29) is 22.9 Å². The van der Waals surface area contributed by atoms with Gasteiger partial charge >= 0.3 is 5.97 Å². The standard InChI is InChI=1S/C29H25FN4O3/c1-16(32)23-14-26-24(13-25(23)33)27(22-7-2-18(29(35)36)12-19(22)15-31)28(17-8-10-37-11-9-17)34(26)21-5-3-20(30)4-6-21/h2-7,12-14,17,32H,8-11,33H2,1H3,(H,35,36). The van der Waals surface area contributed by atoms with Crippen molar-refractivity contribution in [3.8, 4) is 22.9 Å².